The fourth-order valence-corrected chi connectivity index (χ4v) is 0.426. The molecule has 1 heterocycles. The van der Waals surface area contributed by atoms with E-state index in [4.69, 9.17) is 9.47 Å². The van der Waals surface area contributed by atoms with Crippen LogP contribution in [0.2, 0.25) is 0 Å². The topological polar surface area (TPSA) is 35.5 Å². The van der Waals surface area contributed by atoms with Gasteiger partial charge in [0.15, 0.2) is 6.29 Å². The molecule has 1 saturated heterocycles. The van der Waals surface area contributed by atoms with Crippen molar-refractivity contribution in [2.75, 3.05) is 13.4 Å². The van der Waals surface area contributed by atoms with Crippen molar-refractivity contribution in [3.05, 3.63) is 0 Å². The monoisotopic (exact) mass is 102 g/mol. The lowest BCUT2D eigenvalue weighted by Crippen LogP contribution is -2.09. The van der Waals surface area contributed by atoms with Crippen LogP contribution in [0.15, 0.2) is 0 Å². The normalized spacial score (nSPS) is 30.6. The van der Waals surface area contributed by atoms with Crippen molar-refractivity contribution < 1.29 is 14.3 Å². The maximum atomic E-state index is 9.80. The second-order valence-electron chi connectivity index (χ2n) is 1.33. The number of hydrogen-bond acceptors (Lipinski definition) is 3. The Morgan fingerprint density at radius 1 is 1.71 bits per heavy atom. The van der Waals surface area contributed by atoms with E-state index in [-0.39, 0.29) is 12.9 Å². The molecule has 3 nitrogen and oxygen atoms in total. The van der Waals surface area contributed by atoms with E-state index in [0.717, 1.165) is 6.29 Å². The van der Waals surface area contributed by atoms with Gasteiger partial charge in [-0.15, -0.1) is 0 Å². The summed E-state index contributed by atoms with van der Waals surface area (Å²) in [6, 6.07) is 0. The first-order valence-corrected chi connectivity index (χ1v) is 2.08. The lowest BCUT2D eigenvalue weighted by atomic mass is 10.4. The van der Waals surface area contributed by atoms with E-state index in [1.807, 2.05) is 0 Å². The SMILES string of the molecule is O=CC1COCO1. The third kappa shape index (κ3) is 0.976. The van der Waals surface area contributed by atoms with Crippen molar-refractivity contribution in [2.45, 2.75) is 6.10 Å². The molecule has 0 amide bonds. The Kier molecular flexibility index (Phi) is 1.38. The summed E-state index contributed by atoms with van der Waals surface area (Å²) in [6.07, 6.45) is 0.437. The highest BCUT2D eigenvalue weighted by Gasteiger charge is 2.13. The van der Waals surface area contributed by atoms with Crippen molar-refractivity contribution in [1.29, 1.82) is 0 Å². The maximum absolute atomic E-state index is 9.80. The summed E-state index contributed by atoms with van der Waals surface area (Å²) in [5, 5.41) is 0. The van der Waals surface area contributed by atoms with E-state index in [9.17, 15) is 4.79 Å². The molecule has 0 radical (unpaired) electrons. The third-order valence-corrected chi connectivity index (χ3v) is 0.799. The van der Waals surface area contributed by atoms with Crippen molar-refractivity contribution in [3.8, 4) is 0 Å². The summed E-state index contributed by atoms with van der Waals surface area (Å²) < 4.78 is 9.41. The zero-order chi connectivity index (χ0) is 5.11. The zero-order valence-corrected chi connectivity index (χ0v) is 3.79. The highest BCUT2D eigenvalue weighted by atomic mass is 16.7. The standard InChI is InChI=1S/C4H6O3/c5-1-4-2-6-3-7-4/h1,4H,2-3H2. The molecule has 1 rings (SSSR count). The highest BCUT2D eigenvalue weighted by molar-refractivity contribution is 5.56. The van der Waals surface area contributed by atoms with Crippen molar-refractivity contribution >= 4 is 6.29 Å². The Bertz CT molecular complexity index is 65.3. The zero-order valence-electron chi connectivity index (χ0n) is 3.79. The van der Waals surface area contributed by atoms with Crippen LogP contribution < -0.4 is 0 Å². The Labute approximate surface area is 41.2 Å². The fraction of sp³-hybridized carbons (Fsp3) is 0.750. The van der Waals surface area contributed by atoms with Crippen molar-refractivity contribution in [2.24, 2.45) is 0 Å². The van der Waals surface area contributed by atoms with E-state index in [1.165, 1.54) is 0 Å². The Morgan fingerprint density at radius 3 is 2.86 bits per heavy atom. The summed E-state index contributed by atoms with van der Waals surface area (Å²) in [6.45, 7) is 0.687. The summed E-state index contributed by atoms with van der Waals surface area (Å²) >= 11 is 0. The van der Waals surface area contributed by atoms with Gasteiger partial charge in [0.05, 0.1) is 6.61 Å². The van der Waals surface area contributed by atoms with E-state index in [0.29, 0.717) is 6.61 Å². The van der Waals surface area contributed by atoms with Gasteiger partial charge < -0.3 is 14.3 Å². The average molecular weight is 102 g/mol. The highest BCUT2D eigenvalue weighted by Crippen LogP contribution is 1.97. The van der Waals surface area contributed by atoms with Gasteiger partial charge in [0.25, 0.3) is 0 Å². The molecule has 0 N–H and O–H groups in total. The number of carbonyl (C=O) groups is 1. The predicted molar refractivity (Wildman–Crippen MR) is 21.8 cm³/mol. The first-order valence-electron chi connectivity index (χ1n) is 2.08. The molecule has 0 aromatic heterocycles. The van der Waals surface area contributed by atoms with Gasteiger partial charge in [-0.1, -0.05) is 0 Å². The quantitative estimate of drug-likeness (QED) is 0.421. The van der Waals surface area contributed by atoms with Gasteiger partial charge in [0.2, 0.25) is 0 Å². The molecule has 1 aliphatic rings. The Hall–Kier alpha value is -0.410. The smallest absolute Gasteiger partial charge is 0.151 e. The number of aldehydes is 1. The molecule has 0 bridgehead atoms. The molecule has 3 heteroatoms. The summed E-state index contributed by atoms with van der Waals surface area (Å²) in [5.41, 5.74) is 0. The van der Waals surface area contributed by atoms with Crippen LogP contribution in [0.25, 0.3) is 0 Å². The van der Waals surface area contributed by atoms with Crippen molar-refractivity contribution in [3.63, 3.8) is 0 Å². The Balaban J connectivity index is 2.26. The van der Waals surface area contributed by atoms with E-state index in [1.54, 1.807) is 0 Å². The fourth-order valence-electron chi connectivity index (χ4n) is 0.426. The second-order valence-corrected chi connectivity index (χ2v) is 1.33. The minimum absolute atomic E-state index is 0.267. The molecule has 1 atom stereocenters. The van der Waals surface area contributed by atoms with Gasteiger partial charge in [-0.05, 0) is 0 Å². The summed E-state index contributed by atoms with van der Waals surface area (Å²) in [5.74, 6) is 0. The molecule has 1 unspecified atom stereocenters. The number of rotatable bonds is 1. The van der Waals surface area contributed by atoms with Gasteiger partial charge in [0, 0.05) is 0 Å². The third-order valence-electron chi connectivity index (χ3n) is 0.799. The summed E-state index contributed by atoms with van der Waals surface area (Å²) in [4.78, 5) is 9.80. The van der Waals surface area contributed by atoms with Crippen LogP contribution in [-0.2, 0) is 14.3 Å². The van der Waals surface area contributed by atoms with Crippen LogP contribution >= 0.6 is 0 Å². The van der Waals surface area contributed by atoms with Crippen molar-refractivity contribution in [1.82, 2.24) is 0 Å². The number of ether oxygens (including phenoxy) is 2. The van der Waals surface area contributed by atoms with Crippen LogP contribution in [0.3, 0.4) is 0 Å². The molecule has 0 aromatic rings. The van der Waals surface area contributed by atoms with E-state index >= 15 is 0 Å². The van der Waals surface area contributed by atoms with Crippen LogP contribution in [0, 0.1) is 0 Å². The summed E-state index contributed by atoms with van der Waals surface area (Å²) in [7, 11) is 0. The van der Waals surface area contributed by atoms with Crippen LogP contribution in [0.5, 0.6) is 0 Å². The first kappa shape index (κ1) is 4.74. The maximum Gasteiger partial charge on any atom is 0.151 e. The molecular formula is C4H6O3. The predicted octanol–water partition coefficient (Wildman–Crippen LogP) is -0.442. The van der Waals surface area contributed by atoms with Gasteiger partial charge in [0.1, 0.15) is 12.9 Å². The van der Waals surface area contributed by atoms with Gasteiger partial charge in [-0.2, -0.15) is 0 Å². The average Bonchev–Trinajstić information content (AvgIpc) is 2.14. The van der Waals surface area contributed by atoms with Gasteiger partial charge in [-0.25, -0.2) is 0 Å². The minimum atomic E-state index is -0.306. The van der Waals surface area contributed by atoms with E-state index in [2.05, 4.69) is 0 Å². The van der Waals surface area contributed by atoms with Gasteiger partial charge >= 0.3 is 0 Å². The minimum Gasteiger partial charge on any atom is -0.352 e. The molecule has 1 aliphatic heterocycles. The Morgan fingerprint density at radius 2 is 2.57 bits per heavy atom. The number of carbonyl (C=O) groups excluding carboxylic acids is 1. The van der Waals surface area contributed by atoms with Crippen LogP contribution in [0.4, 0.5) is 0 Å². The van der Waals surface area contributed by atoms with Crippen LogP contribution in [-0.4, -0.2) is 25.8 Å². The number of hydrogen-bond donors (Lipinski definition) is 0. The molecule has 7 heavy (non-hydrogen) atoms. The lowest BCUT2D eigenvalue weighted by molar-refractivity contribution is -0.115. The first-order chi connectivity index (χ1) is 3.43. The molecular weight excluding hydrogens is 96.0 g/mol. The molecule has 0 aromatic carbocycles. The van der Waals surface area contributed by atoms with Gasteiger partial charge in [-0.3, -0.25) is 0 Å². The van der Waals surface area contributed by atoms with Crippen LogP contribution in [0.1, 0.15) is 0 Å². The van der Waals surface area contributed by atoms with E-state index < -0.39 is 0 Å². The molecule has 40 valence electrons. The lowest BCUT2D eigenvalue weighted by Gasteiger charge is -1.89. The molecule has 0 saturated carbocycles. The molecule has 1 fully saturated rings. The largest absolute Gasteiger partial charge is 0.352 e. The molecule has 0 spiro atoms. The molecule has 0 aliphatic carbocycles. The second kappa shape index (κ2) is 2.04.